The van der Waals surface area contributed by atoms with Crippen molar-refractivity contribution >= 4 is 17.6 Å². The molecule has 1 fully saturated rings. The van der Waals surface area contributed by atoms with Crippen LogP contribution in [0.4, 0.5) is 5.69 Å². The van der Waals surface area contributed by atoms with E-state index in [1.165, 1.54) is 22.5 Å². The molecule has 186 valence electrons. The van der Waals surface area contributed by atoms with Crippen molar-refractivity contribution in [1.82, 2.24) is 4.31 Å². The van der Waals surface area contributed by atoms with Crippen LogP contribution in [0.25, 0.3) is 0 Å². The van der Waals surface area contributed by atoms with Crippen LogP contribution >= 0.6 is 0 Å². The van der Waals surface area contributed by atoms with Crippen LogP contribution in [0, 0.1) is 0 Å². The number of benzene rings is 4. The van der Waals surface area contributed by atoms with Crippen LogP contribution < -0.4 is 23.8 Å². The van der Waals surface area contributed by atoms with E-state index in [2.05, 4.69) is 57.7 Å². The smallest absolute Gasteiger partial charge is 0.305 e. The van der Waals surface area contributed by atoms with Crippen molar-refractivity contribution in [3.05, 3.63) is 108 Å². The molecule has 0 bridgehead atoms. The Hall–Kier alpha value is -3.81. The third-order valence-electron chi connectivity index (χ3n) is 6.98. The van der Waals surface area contributed by atoms with Crippen molar-refractivity contribution in [3.8, 4) is 23.0 Å². The summed E-state index contributed by atoms with van der Waals surface area (Å²) in [5.74, 6) is 2.21. The van der Waals surface area contributed by atoms with Gasteiger partial charge in [0.05, 0.1) is 25.0 Å². The molecule has 0 spiro atoms. The van der Waals surface area contributed by atoms with E-state index in [1.54, 1.807) is 0 Å². The molecule has 6 nitrogen and oxygen atoms in total. The van der Waals surface area contributed by atoms with E-state index in [1.807, 2.05) is 48.5 Å². The van der Waals surface area contributed by atoms with E-state index < -0.39 is 5.79 Å². The summed E-state index contributed by atoms with van der Waals surface area (Å²) < 4.78 is 26.6. The van der Waals surface area contributed by atoms with Gasteiger partial charge in [0.25, 0.3) is 0 Å². The van der Waals surface area contributed by atoms with Crippen molar-refractivity contribution < 1.29 is 18.9 Å². The third kappa shape index (κ3) is 4.14. The minimum Gasteiger partial charge on any atom is -0.454 e. The second-order valence-corrected chi connectivity index (χ2v) is 10.5. The molecule has 3 aliphatic rings. The molecule has 7 heteroatoms. The monoisotopic (exact) mass is 511 g/mol. The largest absolute Gasteiger partial charge is 0.454 e. The number of hydrogen-bond donors (Lipinski definition) is 0. The second-order valence-electron chi connectivity index (χ2n) is 9.26. The molecule has 3 heterocycles. The zero-order valence-electron chi connectivity index (χ0n) is 20.2. The van der Waals surface area contributed by atoms with E-state index >= 15 is 0 Å². The van der Waals surface area contributed by atoms with Crippen LogP contribution in [0.1, 0.15) is 11.1 Å². The minimum absolute atomic E-state index is 0.304. The lowest BCUT2D eigenvalue weighted by Crippen LogP contribution is -2.45. The number of nitrogens with zero attached hydrogens (tertiary/aromatic N) is 2. The van der Waals surface area contributed by atoms with Crippen molar-refractivity contribution in [3.63, 3.8) is 0 Å². The Balaban J connectivity index is 1.06. The number of thiol groups is 1. The predicted octanol–water partition coefficient (Wildman–Crippen LogP) is 5.00. The predicted molar refractivity (Wildman–Crippen MR) is 145 cm³/mol. The summed E-state index contributed by atoms with van der Waals surface area (Å²) >= 11 is 1.17. The minimum atomic E-state index is -0.989. The van der Waals surface area contributed by atoms with Gasteiger partial charge in [-0.15, -0.1) is 4.31 Å². The lowest BCUT2D eigenvalue weighted by molar-refractivity contribution is -0.0459. The Bertz CT molecular complexity index is 1370. The van der Waals surface area contributed by atoms with Crippen LogP contribution in [0.5, 0.6) is 23.0 Å². The molecule has 0 aliphatic carbocycles. The fourth-order valence-corrected chi connectivity index (χ4v) is 6.09. The summed E-state index contributed by atoms with van der Waals surface area (Å²) in [7, 11) is 0. The highest BCUT2D eigenvalue weighted by Crippen LogP contribution is 2.48. The highest BCUT2D eigenvalue weighted by atomic mass is 32.2. The van der Waals surface area contributed by atoms with Gasteiger partial charge in [-0.1, -0.05) is 60.7 Å². The number of rotatable bonds is 5. The van der Waals surface area contributed by atoms with E-state index in [4.69, 9.17) is 18.9 Å². The molecule has 3 aliphatic heterocycles. The lowest BCUT2D eigenvalue weighted by Gasteiger charge is -2.32. The molecule has 0 radical (unpaired) electrons. The SMILES string of the molecule is c1ccc(C2(c3ccccc3)Oc3ccc([SH+]N4CCN(c5ccc6c(c5)OCO6)CC4)cc3O2)cc1. The van der Waals surface area contributed by atoms with Gasteiger partial charge in [0.15, 0.2) is 27.9 Å². The molecular weight excluding hydrogens is 484 g/mol. The topological polar surface area (TPSA) is 43.4 Å². The van der Waals surface area contributed by atoms with Crippen molar-refractivity contribution in [2.24, 2.45) is 0 Å². The highest BCUT2D eigenvalue weighted by molar-refractivity contribution is 7.76. The molecule has 0 atom stereocenters. The summed E-state index contributed by atoms with van der Waals surface area (Å²) in [6.45, 7) is 4.17. The fraction of sp³-hybridized carbons (Fsp3) is 0.200. The van der Waals surface area contributed by atoms with E-state index in [9.17, 15) is 0 Å². The molecule has 4 aromatic carbocycles. The summed E-state index contributed by atoms with van der Waals surface area (Å²) in [6.07, 6.45) is 0. The maximum Gasteiger partial charge on any atom is 0.305 e. The Morgan fingerprint density at radius 3 is 1.97 bits per heavy atom. The van der Waals surface area contributed by atoms with Crippen molar-refractivity contribution in [1.29, 1.82) is 0 Å². The van der Waals surface area contributed by atoms with Gasteiger partial charge in [-0.2, -0.15) is 0 Å². The number of piperazine rings is 1. The van der Waals surface area contributed by atoms with Gasteiger partial charge in [0.1, 0.15) is 0 Å². The Morgan fingerprint density at radius 1 is 0.595 bits per heavy atom. The average molecular weight is 512 g/mol. The Morgan fingerprint density at radius 2 is 1.24 bits per heavy atom. The molecule has 0 unspecified atom stereocenters. The van der Waals surface area contributed by atoms with Crippen LogP contribution in [0.3, 0.4) is 0 Å². The maximum atomic E-state index is 6.63. The summed E-state index contributed by atoms with van der Waals surface area (Å²) in [4.78, 5) is 3.60. The van der Waals surface area contributed by atoms with Crippen molar-refractivity contribution in [2.75, 3.05) is 37.9 Å². The van der Waals surface area contributed by atoms with Gasteiger partial charge >= 0.3 is 5.79 Å². The second kappa shape index (κ2) is 9.25. The first-order valence-corrected chi connectivity index (χ1v) is 13.4. The standard InChI is InChI=1S/C30H26N2O4S/c1-3-7-22(8-4-1)30(23-9-5-2-6-10-23)35-27-14-12-25(20-29(27)36-30)37-32-17-15-31(16-18-32)24-11-13-26-28(19-24)34-21-33-26/h1-14,19-20H,15-18,21H2/p+1. The van der Waals surface area contributed by atoms with Gasteiger partial charge in [-0.3, -0.25) is 0 Å². The average Bonchev–Trinajstić information content (AvgIpc) is 3.59. The molecule has 0 saturated carbocycles. The molecule has 0 aromatic heterocycles. The number of ether oxygens (including phenoxy) is 4. The first-order chi connectivity index (χ1) is 18.3. The molecule has 1 saturated heterocycles. The zero-order valence-corrected chi connectivity index (χ0v) is 21.1. The van der Waals surface area contributed by atoms with Gasteiger partial charge in [-0.05, 0) is 24.3 Å². The quantitative estimate of drug-likeness (QED) is 0.278. The van der Waals surface area contributed by atoms with E-state index in [0.717, 1.165) is 60.3 Å². The van der Waals surface area contributed by atoms with Crippen LogP contribution in [-0.4, -0.2) is 37.3 Å². The number of fused-ring (bicyclic) bond motifs is 2. The van der Waals surface area contributed by atoms with E-state index in [0.29, 0.717) is 6.79 Å². The highest BCUT2D eigenvalue weighted by Gasteiger charge is 2.45. The van der Waals surface area contributed by atoms with Gasteiger partial charge in [0.2, 0.25) is 6.79 Å². The molecule has 37 heavy (non-hydrogen) atoms. The molecule has 0 amide bonds. The van der Waals surface area contributed by atoms with Gasteiger partial charge < -0.3 is 23.8 Å². The third-order valence-corrected chi connectivity index (χ3v) is 8.17. The van der Waals surface area contributed by atoms with Gasteiger partial charge in [0, 0.05) is 42.0 Å². The summed E-state index contributed by atoms with van der Waals surface area (Å²) in [5, 5.41) is 0. The Labute approximate surface area is 220 Å². The molecule has 7 rings (SSSR count). The first kappa shape index (κ1) is 22.4. The van der Waals surface area contributed by atoms with Crippen LogP contribution in [0.15, 0.2) is 102 Å². The molecule has 4 aromatic rings. The van der Waals surface area contributed by atoms with Gasteiger partial charge in [-0.25, -0.2) is 0 Å². The van der Waals surface area contributed by atoms with Crippen LogP contribution in [-0.2, 0) is 17.7 Å². The molecular formula is C30H27N2O4S+. The lowest BCUT2D eigenvalue weighted by atomic mass is 9.97. The Kier molecular flexibility index (Phi) is 5.60. The number of hydrogen-bond acceptors (Lipinski definition) is 6. The normalized spacial score (nSPS) is 17.7. The molecule has 0 N–H and O–H groups in total. The van der Waals surface area contributed by atoms with E-state index in [-0.39, 0.29) is 0 Å². The summed E-state index contributed by atoms with van der Waals surface area (Å²) in [6, 6.07) is 32.8. The fourth-order valence-electron chi connectivity index (χ4n) is 5.07. The number of anilines is 1. The zero-order chi connectivity index (χ0) is 24.7. The summed E-state index contributed by atoms with van der Waals surface area (Å²) in [5.41, 5.74) is 3.12. The maximum absolute atomic E-state index is 6.63. The van der Waals surface area contributed by atoms with Crippen molar-refractivity contribution in [2.45, 2.75) is 10.7 Å². The van der Waals surface area contributed by atoms with Crippen LogP contribution in [0.2, 0.25) is 0 Å². The first-order valence-electron chi connectivity index (χ1n) is 12.5.